The number of hydrogen-bond acceptors (Lipinski definition) is 4. The highest BCUT2D eigenvalue weighted by molar-refractivity contribution is 6.26. The van der Waals surface area contributed by atoms with Crippen molar-refractivity contribution < 1.29 is 19.7 Å². The molecule has 0 bridgehead atoms. The molecule has 0 aromatic carbocycles. The number of carbonyl (C=O) groups excluding carboxylic acids is 1. The zero-order valence-corrected chi connectivity index (χ0v) is 7.70. The molecular formula is C7H15BO4. The summed E-state index contributed by atoms with van der Waals surface area (Å²) in [5.74, 6) is -0.380. The molecule has 0 spiro atoms. The normalized spacial score (nSPS) is 14.0. The maximum Gasteiger partial charge on any atom is 0.303 e. The fourth-order valence-electron chi connectivity index (χ4n) is 0.441. The summed E-state index contributed by atoms with van der Waals surface area (Å²) in [5, 5.41) is 16.7. The Bertz CT molecular complexity index is 152. The standard InChI is InChI=1S/C7H15BO4/c1-7(2,8)6(11)12-4-5(10)3-9/h5,9-10H,3-4,8H2,1-2H3. The van der Waals surface area contributed by atoms with Gasteiger partial charge in [0.25, 0.3) is 0 Å². The second kappa shape index (κ2) is 4.47. The number of aliphatic hydroxyl groups is 2. The number of carbonyl (C=O) groups is 1. The Morgan fingerprint density at radius 2 is 2.17 bits per heavy atom. The summed E-state index contributed by atoms with van der Waals surface area (Å²) in [6.07, 6.45) is -0.976. The van der Waals surface area contributed by atoms with Gasteiger partial charge in [-0.2, -0.15) is 0 Å². The summed E-state index contributed by atoms with van der Waals surface area (Å²) in [4.78, 5) is 11.1. The second-order valence-electron chi connectivity index (χ2n) is 3.68. The number of esters is 1. The third kappa shape index (κ3) is 4.36. The van der Waals surface area contributed by atoms with Crippen LogP contribution >= 0.6 is 0 Å². The molecule has 0 amide bonds. The van der Waals surface area contributed by atoms with Crippen LogP contribution in [0.5, 0.6) is 0 Å². The minimum atomic E-state index is -0.976. The Balaban J connectivity index is 3.73. The molecule has 0 heterocycles. The first-order chi connectivity index (χ1) is 5.38. The summed E-state index contributed by atoms with van der Waals surface area (Å²) in [5.41, 5.74) is 0. The molecule has 70 valence electrons. The first kappa shape index (κ1) is 11.5. The first-order valence-corrected chi connectivity index (χ1v) is 3.84. The van der Waals surface area contributed by atoms with E-state index in [9.17, 15) is 4.79 Å². The van der Waals surface area contributed by atoms with Gasteiger partial charge >= 0.3 is 5.97 Å². The lowest BCUT2D eigenvalue weighted by atomic mass is 9.73. The van der Waals surface area contributed by atoms with Gasteiger partial charge in [0.1, 0.15) is 20.6 Å². The van der Waals surface area contributed by atoms with E-state index in [0.717, 1.165) is 0 Å². The summed E-state index contributed by atoms with van der Waals surface area (Å²) < 4.78 is 4.71. The minimum Gasteiger partial charge on any atom is -0.463 e. The Labute approximate surface area is 72.9 Å². The van der Waals surface area contributed by atoms with Gasteiger partial charge in [0.05, 0.1) is 6.61 Å². The Morgan fingerprint density at radius 3 is 2.50 bits per heavy atom. The van der Waals surface area contributed by atoms with Crippen LogP contribution in [0.25, 0.3) is 0 Å². The molecule has 0 aliphatic carbocycles. The van der Waals surface area contributed by atoms with E-state index in [1.165, 1.54) is 0 Å². The van der Waals surface area contributed by atoms with Crippen molar-refractivity contribution in [3.8, 4) is 0 Å². The molecule has 0 aromatic rings. The van der Waals surface area contributed by atoms with Crippen LogP contribution in [0.4, 0.5) is 0 Å². The monoisotopic (exact) mass is 174 g/mol. The number of aliphatic hydroxyl groups excluding tert-OH is 2. The number of hydrogen-bond donors (Lipinski definition) is 2. The molecule has 0 rings (SSSR count). The summed E-state index contributed by atoms with van der Waals surface area (Å²) >= 11 is 0. The van der Waals surface area contributed by atoms with Crippen molar-refractivity contribution in [3.63, 3.8) is 0 Å². The Morgan fingerprint density at radius 1 is 1.67 bits per heavy atom. The zero-order chi connectivity index (χ0) is 9.78. The molecule has 0 saturated heterocycles. The van der Waals surface area contributed by atoms with Crippen LogP contribution in [0, 0.1) is 0 Å². The van der Waals surface area contributed by atoms with Crippen molar-refractivity contribution in [1.29, 1.82) is 0 Å². The second-order valence-corrected chi connectivity index (χ2v) is 3.68. The van der Waals surface area contributed by atoms with E-state index in [0.29, 0.717) is 0 Å². The Kier molecular flexibility index (Phi) is 4.27. The van der Waals surface area contributed by atoms with Crippen molar-refractivity contribution >= 4 is 13.8 Å². The average Bonchev–Trinajstić information content (AvgIpc) is 1.97. The Hall–Kier alpha value is -0.545. The van der Waals surface area contributed by atoms with Gasteiger partial charge in [-0.15, -0.1) is 0 Å². The molecular weight excluding hydrogens is 159 g/mol. The molecule has 1 atom stereocenters. The van der Waals surface area contributed by atoms with Crippen LogP contribution in [0.3, 0.4) is 0 Å². The van der Waals surface area contributed by atoms with Gasteiger partial charge in [0.2, 0.25) is 0 Å². The molecule has 1 unspecified atom stereocenters. The average molecular weight is 174 g/mol. The van der Waals surface area contributed by atoms with Gasteiger partial charge < -0.3 is 14.9 Å². The van der Waals surface area contributed by atoms with Gasteiger partial charge in [0, 0.05) is 5.31 Å². The van der Waals surface area contributed by atoms with Crippen molar-refractivity contribution in [2.45, 2.75) is 25.3 Å². The zero-order valence-electron chi connectivity index (χ0n) is 7.70. The molecule has 12 heavy (non-hydrogen) atoms. The molecule has 2 N–H and O–H groups in total. The molecule has 5 heteroatoms. The highest BCUT2D eigenvalue weighted by atomic mass is 16.5. The van der Waals surface area contributed by atoms with Crippen LogP contribution in [0.1, 0.15) is 13.8 Å². The van der Waals surface area contributed by atoms with E-state index in [-0.39, 0.29) is 12.6 Å². The van der Waals surface area contributed by atoms with Crippen LogP contribution in [0.15, 0.2) is 0 Å². The summed E-state index contributed by atoms with van der Waals surface area (Å²) in [6.45, 7) is 2.91. The fraction of sp³-hybridized carbons (Fsp3) is 0.857. The van der Waals surface area contributed by atoms with Gasteiger partial charge in [-0.1, -0.05) is 13.8 Å². The third-order valence-corrected chi connectivity index (χ3v) is 1.23. The number of rotatable bonds is 4. The van der Waals surface area contributed by atoms with Gasteiger partial charge in [0.15, 0.2) is 0 Å². The fourth-order valence-corrected chi connectivity index (χ4v) is 0.441. The van der Waals surface area contributed by atoms with Gasteiger partial charge in [-0.05, 0) is 0 Å². The topological polar surface area (TPSA) is 66.8 Å². The summed E-state index contributed by atoms with van der Waals surface area (Å²) in [7, 11) is 1.72. The van der Waals surface area contributed by atoms with E-state index in [1.807, 2.05) is 0 Å². The molecule has 4 nitrogen and oxygen atoms in total. The van der Waals surface area contributed by atoms with Crippen molar-refractivity contribution in [2.75, 3.05) is 13.2 Å². The molecule has 0 fully saturated rings. The van der Waals surface area contributed by atoms with Crippen LogP contribution in [-0.4, -0.2) is 43.3 Å². The van der Waals surface area contributed by atoms with Crippen LogP contribution in [-0.2, 0) is 9.53 Å². The SMILES string of the molecule is BC(C)(C)C(=O)OCC(O)CO. The maximum atomic E-state index is 11.1. The lowest BCUT2D eigenvalue weighted by Crippen LogP contribution is -2.26. The van der Waals surface area contributed by atoms with Crippen LogP contribution < -0.4 is 0 Å². The van der Waals surface area contributed by atoms with Crippen LogP contribution in [0.2, 0.25) is 5.31 Å². The lowest BCUT2D eigenvalue weighted by Gasteiger charge is -2.17. The molecule has 0 saturated carbocycles. The van der Waals surface area contributed by atoms with Crippen molar-refractivity contribution in [1.82, 2.24) is 0 Å². The van der Waals surface area contributed by atoms with Crippen molar-refractivity contribution in [2.24, 2.45) is 0 Å². The quantitative estimate of drug-likeness (QED) is 0.411. The summed E-state index contributed by atoms with van der Waals surface area (Å²) in [6, 6.07) is 0. The highest BCUT2D eigenvalue weighted by Gasteiger charge is 2.23. The lowest BCUT2D eigenvalue weighted by molar-refractivity contribution is -0.150. The number of ether oxygens (including phenoxy) is 1. The molecule has 0 radical (unpaired) electrons. The largest absolute Gasteiger partial charge is 0.463 e. The van der Waals surface area contributed by atoms with Crippen molar-refractivity contribution in [3.05, 3.63) is 0 Å². The maximum absolute atomic E-state index is 11.1. The van der Waals surface area contributed by atoms with E-state index >= 15 is 0 Å². The minimum absolute atomic E-state index is 0.146. The predicted molar refractivity (Wildman–Crippen MR) is 46.6 cm³/mol. The molecule has 0 aliphatic heterocycles. The van der Waals surface area contributed by atoms with E-state index in [4.69, 9.17) is 14.9 Å². The smallest absolute Gasteiger partial charge is 0.303 e. The third-order valence-electron chi connectivity index (χ3n) is 1.23. The molecule has 0 aliphatic rings. The van der Waals surface area contributed by atoms with E-state index in [2.05, 4.69) is 0 Å². The predicted octanol–water partition coefficient (Wildman–Crippen LogP) is -1.29. The highest BCUT2D eigenvalue weighted by Crippen LogP contribution is 2.19. The van der Waals surface area contributed by atoms with E-state index in [1.54, 1.807) is 21.7 Å². The van der Waals surface area contributed by atoms with Gasteiger partial charge in [-0.3, -0.25) is 4.79 Å². The first-order valence-electron chi connectivity index (χ1n) is 3.84. The van der Waals surface area contributed by atoms with E-state index < -0.39 is 18.0 Å². The van der Waals surface area contributed by atoms with Gasteiger partial charge in [-0.25, -0.2) is 0 Å². The molecule has 0 aromatic heterocycles.